The minimum atomic E-state index is 0.648. The second-order valence-corrected chi connectivity index (χ2v) is 5.07. The summed E-state index contributed by atoms with van der Waals surface area (Å²) in [5.41, 5.74) is 2.69. The molecule has 0 bridgehead atoms. The zero-order valence-electron chi connectivity index (χ0n) is 9.45. The van der Waals surface area contributed by atoms with Crippen molar-refractivity contribution in [2.75, 3.05) is 5.32 Å². The first-order chi connectivity index (χ1) is 8.69. The summed E-state index contributed by atoms with van der Waals surface area (Å²) in [5.74, 6) is 0. The van der Waals surface area contributed by atoms with E-state index < -0.39 is 0 Å². The predicted octanol–water partition coefficient (Wildman–Crippen LogP) is 4.59. The van der Waals surface area contributed by atoms with Crippen molar-refractivity contribution in [2.45, 2.75) is 6.54 Å². The van der Waals surface area contributed by atoms with Gasteiger partial charge in [-0.2, -0.15) is 5.26 Å². The summed E-state index contributed by atoms with van der Waals surface area (Å²) < 4.78 is 0.971. The Balaban J connectivity index is 2.09. The third-order valence-electron chi connectivity index (χ3n) is 2.49. The van der Waals surface area contributed by atoms with Gasteiger partial charge in [0.05, 0.1) is 11.6 Å². The van der Waals surface area contributed by atoms with Crippen molar-refractivity contribution in [1.29, 1.82) is 5.26 Å². The van der Waals surface area contributed by atoms with Crippen LogP contribution in [-0.4, -0.2) is 0 Å². The van der Waals surface area contributed by atoms with Crippen LogP contribution in [0.5, 0.6) is 0 Å². The Kier molecular flexibility index (Phi) is 4.24. The topological polar surface area (TPSA) is 35.8 Å². The molecule has 0 atom stereocenters. The molecule has 18 heavy (non-hydrogen) atoms. The number of rotatable bonds is 3. The number of hydrogen-bond acceptors (Lipinski definition) is 2. The molecule has 0 aliphatic heterocycles. The van der Waals surface area contributed by atoms with Crippen LogP contribution in [0.4, 0.5) is 5.69 Å². The van der Waals surface area contributed by atoms with Gasteiger partial charge in [-0.15, -0.1) is 0 Å². The number of benzene rings is 2. The first kappa shape index (κ1) is 12.9. The van der Waals surface area contributed by atoms with Crippen LogP contribution in [0.15, 0.2) is 46.9 Å². The van der Waals surface area contributed by atoms with Crippen molar-refractivity contribution in [3.8, 4) is 6.07 Å². The Bertz CT molecular complexity index is 605. The molecule has 0 saturated carbocycles. The summed E-state index contributed by atoms with van der Waals surface area (Å²) in [6.07, 6.45) is 0. The average molecular weight is 322 g/mol. The van der Waals surface area contributed by atoms with E-state index in [2.05, 4.69) is 27.3 Å². The minimum Gasteiger partial charge on any atom is -0.381 e. The van der Waals surface area contributed by atoms with E-state index in [1.165, 1.54) is 0 Å². The number of halogens is 2. The number of nitrogens with one attached hydrogen (secondary N) is 1. The summed E-state index contributed by atoms with van der Waals surface area (Å²) in [6, 6.07) is 15.2. The molecule has 0 saturated heterocycles. The van der Waals surface area contributed by atoms with Gasteiger partial charge < -0.3 is 5.32 Å². The molecule has 2 nitrogen and oxygen atoms in total. The minimum absolute atomic E-state index is 0.648. The van der Waals surface area contributed by atoms with Crippen molar-refractivity contribution in [1.82, 2.24) is 0 Å². The maximum atomic E-state index is 8.82. The van der Waals surface area contributed by atoms with Gasteiger partial charge in [0.15, 0.2) is 0 Å². The van der Waals surface area contributed by atoms with Crippen LogP contribution in [0.1, 0.15) is 11.1 Å². The molecule has 0 aliphatic carbocycles. The highest BCUT2D eigenvalue weighted by molar-refractivity contribution is 9.10. The van der Waals surface area contributed by atoms with Crippen LogP contribution >= 0.6 is 27.5 Å². The molecule has 0 aromatic heterocycles. The van der Waals surface area contributed by atoms with Gasteiger partial charge in [-0.25, -0.2) is 0 Å². The smallest absolute Gasteiger partial charge is 0.0992 e. The van der Waals surface area contributed by atoms with Gasteiger partial charge in [0.1, 0.15) is 0 Å². The highest BCUT2D eigenvalue weighted by atomic mass is 79.9. The molecule has 0 spiro atoms. The first-order valence-corrected chi connectivity index (χ1v) is 6.54. The number of nitrogens with zero attached hydrogens (tertiary/aromatic N) is 1. The Hall–Kier alpha value is -1.50. The van der Waals surface area contributed by atoms with Crippen LogP contribution in [0.2, 0.25) is 5.02 Å². The first-order valence-electron chi connectivity index (χ1n) is 5.37. The zero-order chi connectivity index (χ0) is 13.0. The Morgan fingerprint density at radius 3 is 2.78 bits per heavy atom. The molecule has 1 N–H and O–H groups in total. The fourth-order valence-electron chi connectivity index (χ4n) is 1.56. The van der Waals surface area contributed by atoms with E-state index in [0.29, 0.717) is 17.1 Å². The number of hydrogen-bond donors (Lipinski definition) is 1. The molecule has 0 unspecified atom stereocenters. The standard InChI is InChI=1S/C14H10BrClN2/c15-14-7-12(16)5-4-11(14)9-18-13-3-1-2-10(6-13)8-17/h1-7,18H,9H2. The summed E-state index contributed by atoms with van der Waals surface area (Å²) in [7, 11) is 0. The van der Waals surface area contributed by atoms with E-state index >= 15 is 0 Å². The molecule has 90 valence electrons. The van der Waals surface area contributed by atoms with Crippen molar-refractivity contribution in [3.63, 3.8) is 0 Å². The molecular formula is C14H10BrClN2. The van der Waals surface area contributed by atoms with Crippen LogP contribution in [0.3, 0.4) is 0 Å². The molecule has 0 amide bonds. The molecule has 2 aromatic rings. The van der Waals surface area contributed by atoms with Gasteiger partial charge in [-0.3, -0.25) is 0 Å². The van der Waals surface area contributed by atoms with Gasteiger partial charge in [-0.1, -0.05) is 39.7 Å². The Morgan fingerprint density at radius 1 is 1.22 bits per heavy atom. The number of anilines is 1. The monoisotopic (exact) mass is 320 g/mol. The molecule has 0 heterocycles. The van der Waals surface area contributed by atoms with E-state index in [9.17, 15) is 0 Å². The van der Waals surface area contributed by atoms with Crippen molar-refractivity contribution in [2.24, 2.45) is 0 Å². The van der Waals surface area contributed by atoms with Crippen LogP contribution < -0.4 is 5.32 Å². The van der Waals surface area contributed by atoms with E-state index in [-0.39, 0.29) is 0 Å². The van der Waals surface area contributed by atoms with Gasteiger partial charge in [0.2, 0.25) is 0 Å². The summed E-state index contributed by atoms with van der Waals surface area (Å²) >= 11 is 9.36. The van der Waals surface area contributed by atoms with Crippen LogP contribution in [-0.2, 0) is 6.54 Å². The third kappa shape index (κ3) is 3.25. The van der Waals surface area contributed by atoms with Crippen LogP contribution in [0, 0.1) is 11.3 Å². The molecule has 2 rings (SSSR count). The second kappa shape index (κ2) is 5.90. The van der Waals surface area contributed by atoms with Crippen molar-refractivity contribution >= 4 is 33.2 Å². The fraction of sp³-hybridized carbons (Fsp3) is 0.0714. The predicted molar refractivity (Wildman–Crippen MR) is 77.6 cm³/mol. The maximum Gasteiger partial charge on any atom is 0.0992 e. The van der Waals surface area contributed by atoms with E-state index in [0.717, 1.165) is 15.7 Å². The molecule has 4 heteroatoms. The summed E-state index contributed by atoms with van der Waals surface area (Å²) in [6.45, 7) is 0.673. The second-order valence-electron chi connectivity index (χ2n) is 3.78. The summed E-state index contributed by atoms with van der Waals surface area (Å²) in [5, 5.41) is 12.8. The molecule has 0 fully saturated rings. The third-order valence-corrected chi connectivity index (χ3v) is 3.46. The van der Waals surface area contributed by atoms with Gasteiger partial charge >= 0.3 is 0 Å². The van der Waals surface area contributed by atoms with Gasteiger partial charge in [0, 0.05) is 21.7 Å². The molecular weight excluding hydrogens is 312 g/mol. The van der Waals surface area contributed by atoms with Gasteiger partial charge in [0.25, 0.3) is 0 Å². The SMILES string of the molecule is N#Cc1cccc(NCc2ccc(Cl)cc2Br)c1. The molecule has 2 aromatic carbocycles. The largest absolute Gasteiger partial charge is 0.381 e. The maximum absolute atomic E-state index is 8.82. The highest BCUT2D eigenvalue weighted by Gasteiger charge is 2.01. The fourth-order valence-corrected chi connectivity index (χ4v) is 2.38. The van der Waals surface area contributed by atoms with Gasteiger partial charge in [-0.05, 0) is 35.9 Å². The molecule has 0 radical (unpaired) electrons. The lowest BCUT2D eigenvalue weighted by atomic mass is 10.2. The van der Waals surface area contributed by atoms with E-state index in [1.54, 1.807) is 6.07 Å². The Morgan fingerprint density at radius 2 is 2.06 bits per heavy atom. The average Bonchev–Trinajstić information content (AvgIpc) is 2.38. The normalized spacial score (nSPS) is 9.83. The van der Waals surface area contributed by atoms with E-state index in [4.69, 9.17) is 16.9 Å². The molecule has 0 aliphatic rings. The Labute approximate surface area is 119 Å². The number of nitriles is 1. The quantitative estimate of drug-likeness (QED) is 0.897. The van der Waals surface area contributed by atoms with Crippen molar-refractivity contribution in [3.05, 3.63) is 63.1 Å². The lowest BCUT2D eigenvalue weighted by molar-refractivity contribution is 1.14. The summed E-state index contributed by atoms with van der Waals surface area (Å²) in [4.78, 5) is 0. The lowest BCUT2D eigenvalue weighted by Gasteiger charge is -2.08. The van der Waals surface area contributed by atoms with Crippen LogP contribution in [0.25, 0.3) is 0 Å². The zero-order valence-corrected chi connectivity index (χ0v) is 11.8. The lowest BCUT2D eigenvalue weighted by Crippen LogP contribution is -2.00. The van der Waals surface area contributed by atoms with Crippen molar-refractivity contribution < 1.29 is 0 Å². The highest BCUT2D eigenvalue weighted by Crippen LogP contribution is 2.22. The van der Waals surface area contributed by atoms with E-state index in [1.807, 2.05) is 36.4 Å².